The topological polar surface area (TPSA) is 38.1 Å². The number of nitrogens with zero attached hydrogens (tertiary/aromatic N) is 3. The lowest BCUT2D eigenvalue weighted by molar-refractivity contribution is 0.0785. The van der Waals surface area contributed by atoms with Gasteiger partial charge in [-0.1, -0.05) is 31.5 Å². The number of hydrogen-bond donors (Lipinski definition) is 0. The van der Waals surface area contributed by atoms with Gasteiger partial charge in [-0.15, -0.1) is 0 Å². The van der Waals surface area contributed by atoms with Crippen LogP contribution in [0.2, 0.25) is 0 Å². The molecule has 4 nitrogen and oxygen atoms in total. The molecule has 0 aliphatic rings. The fourth-order valence-electron chi connectivity index (χ4n) is 1.82. The molecule has 0 aliphatic heterocycles. The van der Waals surface area contributed by atoms with E-state index in [0.29, 0.717) is 12.1 Å². The molecule has 2 aromatic rings. The Morgan fingerprint density at radius 3 is 2.35 bits per heavy atom. The molecule has 1 heterocycles. The summed E-state index contributed by atoms with van der Waals surface area (Å²) in [4.78, 5) is 13.9. The predicted octanol–water partition coefficient (Wildman–Crippen LogP) is 3.03. The van der Waals surface area contributed by atoms with Crippen LogP contribution in [-0.4, -0.2) is 27.6 Å². The second kappa shape index (κ2) is 7.48. The number of amides is 1. The van der Waals surface area contributed by atoms with Crippen LogP contribution in [0.15, 0.2) is 36.7 Å². The van der Waals surface area contributed by atoms with Gasteiger partial charge in [0.05, 0.1) is 6.20 Å². The average molecular weight is 273 g/mol. The van der Waals surface area contributed by atoms with Crippen LogP contribution in [-0.2, 0) is 13.6 Å². The molecule has 20 heavy (non-hydrogen) atoms. The molecule has 0 atom stereocenters. The maximum atomic E-state index is 12.2. The van der Waals surface area contributed by atoms with E-state index in [2.05, 4.69) is 5.10 Å². The van der Waals surface area contributed by atoms with Crippen molar-refractivity contribution >= 4 is 5.91 Å². The van der Waals surface area contributed by atoms with Crippen LogP contribution < -0.4 is 0 Å². The van der Waals surface area contributed by atoms with Gasteiger partial charge in [0.25, 0.3) is 5.91 Å². The Labute approximate surface area is 121 Å². The molecule has 0 spiro atoms. The molecular weight excluding hydrogens is 250 g/mol. The molecule has 0 radical (unpaired) electrons. The highest BCUT2D eigenvalue weighted by Gasteiger charge is 2.12. The normalized spacial score (nSPS) is 9.65. The number of benzene rings is 1. The quantitative estimate of drug-likeness (QED) is 0.862. The number of carbonyl (C=O) groups is 1. The summed E-state index contributed by atoms with van der Waals surface area (Å²) in [7, 11) is 3.67. The summed E-state index contributed by atoms with van der Waals surface area (Å²) in [6.45, 7) is 6.58. The zero-order chi connectivity index (χ0) is 15.1. The van der Waals surface area contributed by atoms with E-state index in [-0.39, 0.29) is 5.91 Å². The predicted molar refractivity (Wildman–Crippen MR) is 81.5 cm³/mol. The SMILES string of the molecule is CC.Cc1ccc(C(=O)N(C)Cc2cnn(C)c2)cc1. The highest BCUT2D eigenvalue weighted by Crippen LogP contribution is 2.09. The van der Waals surface area contributed by atoms with Crippen molar-refractivity contribution in [2.45, 2.75) is 27.3 Å². The van der Waals surface area contributed by atoms with Crippen LogP contribution in [0.3, 0.4) is 0 Å². The second-order valence-electron chi connectivity index (χ2n) is 4.55. The Kier molecular flexibility index (Phi) is 5.97. The Morgan fingerprint density at radius 2 is 1.85 bits per heavy atom. The molecule has 2 rings (SSSR count). The van der Waals surface area contributed by atoms with E-state index in [4.69, 9.17) is 0 Å². The first-order valence-corrected chi connectivity index (χ1v) is 6.86. The van der Waals surface area contributed by atoms with Gasteiger partial charge in [0.2, 0.25) is 0 Å². The number of rotatable bonds is 3. The molecule has 0 bridgehead atoms. The van der Waals surface area contributed by atoms with Gasteiger partial charge in [-0.2, -0.15) is 5.10 Å². The highest BCUT2D eigenvalue weighted by molar-refractivity contribution is 5.94. The lowest BCUT2D eigenvalue weighted by Crippen LogP contribution is -2.25. The van der Waals surface area contributed by atoms with Crippen molar-refractivity contribution in [3.63, 3.8) is 0 Å². The minimum absolute atomic E-state index is 0.0267. The van der Waals surface area contributed by atoms with E-state index in [9.17, 15) is 4.79 Å². The summed E-state index contributed by atoms with van der Waals surface area (Å²) < 4.78 is 1.74. The Bertz CT molecular complexity index is 543. The highest BCUT2D eigenvalue weighted by atomic mass is 16.2. The molecule has 1 amide bonds. The van der Waals surface area contributed by atoms with Crippen molar-refractivity contribution < 1.29 is 4.79 Å². The van der Waals surface area contributed by atoms with Crippen LogP contribution in [0.5, 0.6) is 0 Å². The summed E-state index contributed by atoms with van der Waals surface area (Å²) in [6.07, 6.45) is 3.69. The third kappa shape index (κ3) is 4.23. The molecule has 0 fully saturated rings. The number of aromatic nitrogens is 2. The summed E-state index contributed by atoms with van der Waals surface area (Å²) in [5, 5.41) is 4.09. The minimum atomic E-state index is 0.0267. The molecule has 0 aliphatic carbocycles. The summed E-state index contributed by atoms with van der Waals surface area (Å²) in [5.74, 6) is 0.0267. The summed E-state index contributed by atoms with van der Waals surface area (Å²) in [6, 6.07) is 7.62. The van der Waals surface area contributed by atoms with Crippen molar-refractivity contribution in [1.82, 2.24) is 14.7 Å². The van der Waals surface area contributed by atoms with Gasteiger partial charge in [0.15, 0.2) is 0 Å². The van der Waals surface area contributed by atoms with E-state index in [1.807, 2.05) is 58.3 Å². The van der Waals surface area contributed by atoms with Crippen molar-refractivity contribution in [3.8, 4) is 0 Å². The Morgan fingerprint density at radius 1 is 1.25 bits per heavy atom. The minimum Gasteiger partial charge on any atom is -0.337 e. The van der Waals surface area contributed by atoms with Gasteiger partial charge in [0, 0.05) is 38.0 Å². The molecule has 0 saturated carbocycles. The molecule has 1 aromatic carbocycles. The smallest absolute Gasteiger partial charge is 0.253 e. The largest absolute Gasteiger partial charge is 0.337 e. The van der Waals surface area contributed by atoms with E-state index >= 15 is 0 Å². The fraction of sp³-hybridized carbons (Fsp3) is 0.375. The van der Waals surface area contributed by atoms with Crippen LogP contribution in [0.4, 0.5) is 0 Å². The van der Waals surface area contributed by atoms with Gasteiger partial charge in [-0.25, -0.2) is 0 Å². The number of hydrogen-bond acceptors (Lipinski definition) is 2. The summed E-state index contributed by atoms with van der Waals surface area (Å²) >= 11 is 0. The lowest BCUT2D eigenvalue weighted by atomic mass is 10.1. The van der Waals surface area contributed by atoms with Crippen LogP contribution in [0.25, 0.3) is 0 Å². The molecular formula is C16H23N3O. The monoisotopic (exact) mass is 273 g/mol. The van der Waals surface area contributed by atoms with E-state index in [1.165, 1.54) is 0 Å². The Balaban J connectivity index is 0.000000956. The average Bonchev–Trinajstić information content (AvgIpc) is 2.86. The number of carbonyl (C=O) groups excluding carboxylic acids is 1. The summed E-state index contributed by atoms with van der Waals surface area (Å²) in [5.41, 5.74) is 2.90. The van der Waals surface area contributed by atoms with Gasteiger partial charge < -0.3 is 4.90 Å². The Hall–Kier alpha value is -2.10. The first kappa shape index (κ1) is 16.0. The lowest BCUT2D eigenvalue weighted by Gasteiger charge is -2.16. The standard InChI is InChI=1S/C14H17N3O.C2H6/c1-11-4-6-13(7-5-11)14(18)16(2)9-12-8-15-17(3)10-12;1-2/h4-8,10H,9H2,1-3H3;1-2H3. The molecule has 0 saturated heterocycles. The molecule has 108 valence electrons. The first-order valence-electron chi connectivity index (χ1n) is 6.86. The zero-order valence-electron chi connectivity index (χ0n) is 12.9. The fourth-order valence-corrected chi connectivity index (χ4v) is 1.82. The van der Waals surface area contributed by atoms with Gasteiger partial charge in [0.1, 0.15) is 0 Å². The molecule has 0 N–H and O–H groups in total. The van der Waals surface area contributed by atoms with Gasteiger partial charge in [-0.05, 0) is 19.1 Å². The van der Waals surface area contributed by atoms with Crippen LogP contribution in [0, 0.1) is 6.92 Å². The van der Waals surface area contributed by atoms with Crippen molar-refractivity contribution in [3.05, 3.63) is 53.3 Å². The van der Waals surface area contributed by atoms with Crippen molar-refractivity contribution in [2.75, 3.05) is 7.05 Å². The first-order chi connectivity index (χ1) is 9.56. The van der Waals surface area contributed by atoms with E-state index in [0.717, 1.165) is 11.1 Å². The molecule has 0 unspecified atom stereocenters. The van der Waals surface area contributed by atoms with Crippen molar-refractivity contribution in [2.24, 2.45) is 7.05 Å². The second-order valence-corrected chi connectivity index (χ2v) is 4.55. The third-order valence-electron chi connectivity index (χ3n) is 2.82. The number of aryl methyl sites for hydroxylation is 2. The molecule has 4 heteroatoms. The van der Waals surface area contributed by atoms with Crippen LogP contribution >= 0.6 is 0 Å². The molecule has 1 aromatic heterocycles. The zero-order valence-corrected chi connectivity index (χ0v) is 12.9. The van der Waals surface area contributed by atoms with E-state index < -0.39 is 0 Å². The van der Waals surface area contributed by atoms with Crippen LogP contribution in [0.1, 0.15) is 35.3 Å². The van der Waals surface area contributed by atoms with E-state index in [1.54, 1.807) is 22.8 Å². The van der Waals surface area contributed by atoms with Gasteiger partial charge >= 0.3 is 0 Å². The van der Waals surface area contributed by atoms with Gasteiger partial charge in [-0.3, -0.25) is 9.48 Å². The van der Waals surface area contributed by atoms with Crippen molar-refractivity contribution in [1.29, 1.82) is 0 Å². The maximum absolute atomic E-state index is 12.2. The third-order valence-corrected chi connectivity index (χ3v) is 2.82. The maximum Gasteiger partial charge on any atom is 0.253 e.